The molecule has 0 saturated heterocycles. The molecule has 0 saturated carbocycles. The summed E-state index contributed by atoms with van der Waals surface area (Å²) in [4.78, 5) is 4.14. The quantitative estimate of drug-likeness (QED) is 0.882. The van der Waals surface area contributed by atoms with Crippen LogP contribution in [-0.2, 0) is 18.1 Å². The van der Waals surface area contributed by atoms with Crippen LogP contribution in [0.15, 0.2) is 28.8 Å². The van der Waals surface area contributed by atoms with Crippen LogP contribution in [0, 0.1) is 6.92 Å². The van der Waals surface area contributed by atoms with Gasteiger partial charge < -0.3 is 9.63 Å². The Hall–Kier alpha value is -1.33. The Balaban J connectivity index is 1.81. The van der Waals surface area contributed by atoms with Crippen molar-refractivity contribution in [2.24, 2.45) is 0 Å². The Morgan fingerprint density at radius 2 is 1.88 bits per heavy atom. The number of rotatable bonds is 5. The Bertz CT molecular complexity index is 468. The molecule has 4 nitrogen and oxygen atoms in total. The fourth-order valence-corrected chi connectivity index (χ4v) is 2.22. The molecule has 5 heteroatoms. The van der Waals surface area contributed by atoms with Gasteiger partial charge in [-0.15, -0.1) is 11.8 Å². The molecule has 1 N–H and O–H groups in total. The lowest BCUT2D eigenvalue weighted by Gasteiger charge is -2.01. The summed E-state index contributed by atoms with van der Waals surface area (Å²) in [6.45, 7) is 1.90. The number of aromatic nitrogens is 2. The largest absolute Gasteiger partial charge is 0.392 e. The van der Waals surface area contributed by atoms with Gasteiger partial charge in [0.25, 0.3) is 0 Å². The van der Waals surface area contributed by atoms with Crippen LogP contribution in [-0.4, -0.2) is 15.2 Å². The fraction of sp³-hybridized carbons (Fsp3) is 0.333. The van der Waals surface area contributed by atoms with Crippen LogP contribution in [0.5, 0.6) is 0 Å². The van der Waals surface area contributed by atoms with Gasteiger partial charge in [-0.05, 0) is 18.1 Å². The second kappa shape index (κ2) is 5.84. The molecule has 1 aromatic carbocycles. The zero-order valence-electron chi connectivity index (χ0n) is 9.59. The third kappa shape index (κ3) is 3.57. The van der Waals surface area contributed by atoms with Gasteiger partial charge in [0.15, 0.2) is 5.82 Å². The fourth-order valence-electron chi connectivity index (χ4n) is 1.40. The van der Waals surface area contributed by atoms with E-state index < -0.39 is 0 Å². The summed E-state index contributed by atoms with van der Waals surface area (Å²) in [6.07, 6.45) is 0. The maximum Gasteiger partial charge on any atom is 0.236 e. The van der Waals surface area contributed by atoms with Crippen molar-refractivity contribution in [3.63, 3.8) is 0 Å². The van der Waals surface area contributed by atoms with E-state index in [9.17, 15) is 0 Å². The molecule has 0 unspecified atom stereocenters. The zero-order chi connectivity index (χ0) is 12.1. The first-order valence-corrected chi connectivity index (χ1v) is 6.49. The van der Waals surface area contributed by atoms with Crippen LogP contribution in [0.4, 0.5) is 0 Å². The molecule has 0 aliphatic heterocycles. The van der Waals surface area contributed by atoms with Gasteiger partial charge in [0.2, 0.25) is 5.89 Å². The van der Waals surface area contributed by atoms with Crippen LogP contribution in [0.2, 0.25) is 0 Å². The molecular weight excluding hydrogens is 236 g/mol. The highest BCUT2D eigenvalue weighted by Gasteiger charge is 2.02. The minimum Gasteiger partial charge on any atom is -0.392 e. The maximum absolute atomic E-state index is 8.92. The molecule has 1 aromatic heterocycles. The molecule has 0 amide bonds. The first-order chi connectivity index (χ1) is 8.28. The smallest absolute Gasteiger partial charge is 0.236 e. The second-order valence-electron chi connectivity index (χ2n) is 3.70. The Kier molecular flexibility index (Phi) is 4.17. The molecule has 2 rings (SSSR count). The summed E-state index contributed by atoms with van der Waals surface area (Å²) in [5.74, 6) is 2.96. The second-order valence-corrected chi connectivity index (χ2v) is 4.69. The molecule has 0 atom stereocenters. The predicted octanol–water partition coefficient (Wildman–Crippen LogP) is 2.30. The SMILES string of the molecule is Cc1noc(CSCc2ccc(CO)cc2)n1. The van der Waals surface area contributed by atoms with Crippen LogP contribution < -0.4 is 0 Å². The summed E-state index contributed by atoms with van der Waals surface area (Å²) in [5, 5.41) is 12.7. The van der Waals surface area contributed by atoms with Crippen molar-refractivity contribution in [3.8, 4) is 0 Å². The van der Waals surface area contributed by atoms with E-state index in [4.69, 9.17) is 9.63 Å². The Morgan fingerprint density at radius 3 is 2.47 bits per heavy atom. The van der Waals surface area contributed by atoms with Crippen molar-refractivity contribution in [1.82, 2.24) is 10.1 Å². The van der Waals surface area contributed by atoms with Crippen molar-refractivity contribution in [3.05, 3.63) is 47.1 Å². The van der Waals surface area contributed by atoms with E-state index in [0.29, 0.717) is 11.7 Å². The normalized spacial score (nSPS) is 10.7. The number of nitrogens with zero attached hydrogens (tertiary/aromatic N) is 2. The highest BCUT2D eigenvalue weighted by atomic mass is 32.2. The van der Waals surface area contributed by atoms with Crippen molar-refractivity contribution < 1.29 is 9.63 Å². The molecule has 2 aromatic rings. The zero-order valence-corrected chi connectivity index (χ0v) is 10.4. The maximum atomic E-state index is 8.92. The van der Waals surface area contributed by atoms with E-state index in [0.717, 1.165) is 17.1 Å². The number of aliphatic hydroxyl groups is 1. The number of hydrogen-bond donors (Lipinski definition) is 1. The van der Waals surface area contributed by atoms with E-state index in [1.54, 1.807) is 11.8 Å². The molecule has 0 radical (unpaired) electrons. The molecule has 17 heavy (non-hydrogen) atoms. The summed E-state index contributed by atoms with van der Waals surface area (Å²) >= 11 is 1.73. The number of benzene rings is 1. The molecule has 0 aliphatic rings. The number of hydrogen-bond acceptors (Lipinski definition) is 5. The Labute approximate surface area is 104 Å². The molecule has 1 heterocycles. The minimum absolute atomic E-state index is 0.0919. The first-order valence-electron chi connectivity index (χ1n) is 5.33. The lowest BCUT2D eigenvalue weighted by atomic mass is 10.2. The van der Waals surface area contributed by atoms with Crippen molar-refractivity contribution in [1.29, 1.82) is 0 Å². The Morgan fingerprint density at radius 1 is 1.18 bits per heavy atom. The summed E-state index contributed by atoms with van der Waals surface area (Å²) in [5.41, 5.74) is 2.16. The van der Waals surface area contributed by atoms with E-state index in [1.807, 2.05) is 31.2 Å². The molecule has 0 bridgehead atoms. The first kappa shape index (κ1) is 12.1. The number of aryl methyl sites for hydroxylation is 1. The van der Waals surface area contributed by atoms with Crippen LogP contribution >= 0.6 is 11.8 Å². The van der Waals surface area contributed by atoms with E-state index in [-0.39, 0.29) is 6.61 Å². The summed E-state index contributed by atoms with van der Waals surface area (Å²) < 4.78 is 5.02. The number of thioether (sulfide) groups is 1. The highest BCUT2D eigenvalue weighted by Crippen LogP contribution is 2.17. The highest BCUT2D eigenvalue weighted by molar-refractivity contribution is 7.97. The van der Waals surface area contributed by atoms with Crippen LogP contribution in [0.25, 0.3) is 0 Å². The monoisotopic (exact) mass is 250 g/mol. The van der Waals surface area contributed by atoms with Crippen molar-refractivity contribution >= 4 is 11.8 Å². The van der Waals surface area contributed by atoms with Gasteiger partial charge in [-0.25, -0.2) is 0 Å². The van der Waals surface area contributed by atoms with Gasteiger partial charge in [-0.1, -0.05) is 29.4 Å². The molecule has 0 aliphatic carbocycles. The lowest BCUT2D eigenvalue weighted by Crippen LogP contribution is -1.86. The van der Waals surface area contributed by atoms with E-state index >= 15 is 0 Å². The van der Waals surface area contributed by atoms with Crippen molar-refractivity contribution in [2.45, 2.75) is 25.0 Å². The van der Waals surface area contributed by atoms with Gasteiger partial charge in [-0.2, -0.15) is 4.98 Å². The minimum atomic E-state index is 0.0919. The van der Waals surface area contributed by atoms with Crippen LogP contribution in [0.3, 0.4) is 0 Å². The van der Waals surface area contributed by atoms with Gasteiger partial charge in [0, 0.05) is 5.75 Å². The third-order valence-corrected chi connectivity index (χ3v) is 3.26. The molecule has 90 valence electrons. The van der Waals surface area contributed by atoms with Gasteiger partial charge in [0.1, 0.15) is 0 Å². The topological polar surface area (TPSA) is 59.2 Å². The van der Waals surface area contributed by atoms with Crippen LogP contribution in [0.1, 0.15) is 22.8 Å². The molecule has 0 fully saturated rings. The average molecular weight is 250 g/mol. The predicted molar refractivity (Wildman–Crippen MR) is 66.4 cm³/mol. The molecular formula is C12H14N2O2S. The number of aliphatic hydroxyl groups excluding tert-OH is 1. The summed E-state index contributed by atoms with van der Waals surface area (Å²) in [7, 11) is 0. The van der Waals surface area contributed by atoms with E-state index in [1.165, 1.54) is 5.56 Å². The lowest BCUT2D eigenvalue weighted by molar-refractivity contribution is 0.282. The van der Waals surface area contributed by atoms with Crippen molar-refractivity contribution in [2.75, 3.05) is 0 Å². The van der Waals surface area contributed by atoms with Gasteiger partial charge in [-0.3, -0.25) is 0 Å². The standard InChI is InChI=1S/C12H14N2O2S/c1-9-13-12(16-14-9)8-17-7-11-4-2-10(6-15)3-5-11/h2-5,15H,6-8H2,1H3. The average Bonchev–Trinajstić information content (AvgIpc) is 2.76. The van der Waals surface area contributed by atoms with E-state index in [2.05, 4.69) is 10.1 Å². The van der Waals surface area contributed by atoms with Gasteiger partial charge >= 0.3 is 0 Å². The molecule has 0 spiro atoms. The summed E-state index contributed by atoms with van der Waals surface area (Å²) in [6, 6.07) is 7.93. The third-order valence-electron chi connectivity index (χ3n) is 2.27. The van der Waals surface area contributed by atoms with Gasteiger partial charge in [0.05, 0.1) is 12.4 Å².